The number of hydrogen-bond acceptors (Lipinski definition) is 6. The van der Waals surface area contributed by atoms with Crippen LogP contribution in [0.25, 0.3) is 0 Å². The van der Waals surface area contributed by atoms with Crippen LogP contribution in [0.4, 0.5) is 0 Å². The molecule has 10 heteroatoms. The molecule has 25 heavy (non-hydrogen) atoms. The van der Waals surface area contributed by atoms with Crippen molar-refractivity contribution in [2.45, 2.75) is 50.8 Å². The van der Waals surface area contributed by atoms with Crippen LogP contribution in [-0.4, -0.2) is 76.6 Å². The summed E-state index contributed by atoms with van der Waals surface area (Å²) < 4.78 is 0. The van der Waals surface area contributed by atoms with Gasteiger partial charge in [0.2, 0.25) is 17.7 Å². The molecule has 0 spiro atoms. The number of hydrogen-bond donors (Lipinski definition) is 5. The molecule has 0 bridgehead atoms. The van der Waals surface area contributed by atoms with Gasteiger partial charge in [0.1, 0.15) is 12.1 Å². The van der Waals surface area contributed by atoms with Crippen LogP contribution < -0.4 is 16.4 Å². The number of β-amino-alcohol motifs (C(OH)–C–C–N with tert-alkyl or cyclic N) is 1. The molecule has 6 N–H and O–H groups in total. The van der Waals surface area contributed by atoms with Gasteiger partial charge in [-0.1, -0.05) is 0 Å². The number of nitrogens with one attached hydrogen (secondary N) is 2. The van der Waals surface area contributed by atoms with Gasteiger partial charge in [0.25, 0.3) is 0 Å². The highest BCUT2D eigenvalue weighted by Gasteiger charge is 2.39. The molecule has 0 aliphatic carbocycles. The average molecular weight is 358 g/mol. The number of carbonyl (C=O) groups excluding carboxylic acids is 3. The Morgan fingerprint density at radius 2 is 1.96 bits per heavy atom. The summed E-state index contributed by atoms with van der Waals surface area (Å²) in [6, 6.07) is -2.04. The Bertz CT molecular complexity index is 512. The number of nitrogens with two attached hydrogens (primary N) is 1. The maximum absolute atomic E-state index is 12.4. The van der Waals surface area contributed by atoms with Gasteiger partial charge in [0, 0.05) is 19.9 Å². The summed E-state index contributed by atoms with van der Waals surface area (Å²) in [6.45, 7) is 1.36. The standard InChI is InChI=1S/C15H26N4O6/c1-9(20)17-7-13(22)19-8-10(21)6-12(19)14(23)18-11(15(24)25)4-2-3-5-16/h10-12,21H,2-8,16H2,1H3,(H,17,20)(H,18,23)(H,24,25)/t10?,11-,12?/m1/s1. The molecule has 10 nitrogen and oxygen atoms in total. The predicted molar refractivity (Wildman–Crippen MR) is 87.3 cm³/mol. The van der Waals surface area contributed by atoms with Crippen LogP contribution in [-0.2, 0) is 19.2 Å². The minimum atomic E-state index is -1.17. The first kappa shape index (κ1) is 20.8. The summed E-state index contributed by atoms with van der Waals surface area (Å²) in [5.41, 5.74) is 5.37. The van der Waals surface area contributed by atoms with Gasteiger partial charge in [0.05, 0.1) is 12.6 Å². The number of aliphatic hydroxyl groups is 1. The lowest BCUT2D eigenvalue weighted by Crippen LogP contribution is -2.52. The number of nitrogens with zero attached hydrogens (tertiary/aromatic N) is 1. The topological polar surface area (TPSA) is 162 Å². The Morgan fingerprint density at radius 3 is 2.52 bits per heavy atom. The highest BCUT2D eigenvalue weighted by Crippen LogP contribution is 2.18. The van der Waals surface area contributed by atoms with Crippen molar-refractivity contribution < 1.29 is 29.4 Å². The van der Waals surface area contributed by atoms with E-state index in [2.05, 4.69) is 10.6 Å². The van der Waals surface area contributed by atoms with Crippen molar-refractivity contribution >= 4 is 23.7 Å². The van der Waals surface area contributed by atoms with Crippen molar-refractivity contribution in [2.75, 3.05) is 19.6 Å². The zero-order valence-corrected chi connectivity index (χ0v) is 14.2. The normalized spacial score (nSPS) is 20.8. The van der Waals surface area contributed by atoms with E-state index in [1.165, 1.54) is 6.92 Å². The van der Waals surface area contributed by atoms with Crippen molar-refractivity contribution in [3.05, 3.63) is 0 Å². The summed E-state index contributed by atoms with van der Waals surface area (Å²) in [4.78, 5) is 47.9. The van der Waals surface area contributed by atoms with Gasteiger partial charge in [-0.15, -0.1) is 0 Å². The van der Waals surface area contributed by atoms with Crippen LogP contribution in [0.1, 0.15) is 32.6 Å². The van der Waals surface area contributed by atoms with E-state index in [1.54, 1.807) is 0 Å². The third-order valence-corrected chi connectivity index (χ3v) is 3.95. The number of aliphatic hydroxyl groups excluding tert-OH is 1. The summed E-state index contributed by atoms with van der Waals surface area (Å²) in [7, 11) is 0. The number of carboxylic acids is 1. The second kappa shape index (κ2) is 9.94. The quantitative estimate of drug-likeness (QED) is 0.292. The van der Waals surface area contributed by atoms with Crippen LogP contribution >= 0.6 is 0 Å². The zero-order chi connectivity index (χ0) is 19.0. The Balaban J connectivity index is 2.70. The second-order valence-corrected chi connectivity index (χ2v) is 6.05. The Hall–Kier alpha value is -2.20. The first-order valence-corrected chi connectivity index (χ1v) is 8.21. The van der Waals surface area contributed by atoms with Crippen LogP contribution in [0.5, 0.6) is 0 Å². The average Bonchev–Trinajstić information content (AvgIpc) is 2.93. The Kier molecular flexibility index (Phi) is 8.29. The summed E-state index contributed by atoms with van der Waals surface area (Å²) in [5.74, 6) is -2.70. The molecular formula is C15H26N4O6. The van der Waals surface area contributed by atoms with Crippen LogP contribution in [0.3, 0.4) is 0 Å². The van der Waals surface area contributed by atoms with E-state index >= 15 is 0 Å². The number of amides is 3. The molecule has 1 rings (SSSR count). The fraction of sp³-hybridized carbons (Fsp3) is 0.733. The summed E-state index contributed by atoms with van der Waals surface area (Å²) in [5, 5.41) is 23.7. The minimum Gasteiger partial charge on any atom is -0.480 e. The van der Waals surface area contributed by atoms with Crippen molar-refractivity contribution in [3.8, 4) is 0 Å². The molecule has 1 saturated heterocycles. The monoisotopic (exact) mass is 358 g/mol. The molecular weight excluding hydrogens is 332 g/mol. The van der Waals surface area contributed by atoms with E-state index in [0.29, 0.717) is 19.4 Å². The summed E-state index contributed by atoms with van der Waals surface area (Å²) in [6.07, 6.45) is 0.563. The molecule has 1 heterocycles. The molecule has 3 atom stereocenters. The zero-order valence-electron chi connectivity index (χ0n) is 14.2. The van der Waals surface area contributed by atoms with Crippen molar-refractivity contribution in [1.29, 1.82) is 0 Å². The Labute approximate surface area is 145 Å². The van der Waals surface area contributed by atoms with E-state index in [-0.39, 0.29) is 31.8 Å². The van der Waals surface area contributed by atoms with Crippen molar-refractivity contribution in [2.24, 2.45) is 5.73 Å². The van der Waals surface area contributed by atoms with Gasteiger partial charge >= 0.3 is 5.97 Å². The molecule has 1 aliphatic heterocycles. The Morgan fingerprint density at radius 1 is 1.28 bits per heavy atom. The van der Waals surface area contributed by atoms with Gasteiger partial charge in [0.15, 0.2) is 0 Å². The lowest BCUT2D eigenvalue weighted by atomic mass is 10.1. The third-order valence-electron chi connectivity index (χ3n) is 3.95. The van der Waals surface area contributed by atoms with Crippen LogP contribution in [0, 0.1) is 0 Å². The molecule has 1 fully saturated rings. The molecule has 0 radical (unpaired) electrons. The first-order valence-electron chi connectivity index (χ1n) is 8.21. The molecule has 0 aromatic carbocycles. The molecule has 0 saturated carbocycles. The predicted octanol–water partition coefficient (Wildman–Crippen LogP) is -2.22. The fourth-order valence-electron chi connectivity index (χ4n) is 2.66. The lowest BCUT2D eigenvalue weighted by Gasteiger charge is -2.25. The maximum atomic E-state index is 12.4. The van der Waals surface area contributed by atoms with Gasteiger partial charge in [-0.25, -0.2) is 4.79 Å². The van der Waals surface area contributed by atoms with Gasteiger partial charge in [-0.2, -0.15) is 0 Å². The van der Waals surface area contributed by atoms with E-state index in [4.69, 9.17) is 5.73 Å². The summed E-state index contributed by atoms with van der Waals surface area (Å²) >= 11 is 0. The minimum absolute atomic E-state index is 0.0206. The fourth-order valence-corrected chi connectivity index (χ4v) is 2.66. The highest BCUT2D eigenvalue weighted by atomic mass is 16.4. The smallest absolute Gasteiger partial charge is 0.326 e. The van der Waals surface area contributed by atoms with E-state index in [1.807, 2.05) is 0 Å². The SMILES string of the molecule is CC(=O)NCC(=O)N1CC(O)CC1C(=O)N[C@H](CCCCN)C(=O)O. The number of carboxylic acid groups (broad SMARTS) is 1. The van der Waals surface area contributed by atoms with Crippen LogP contribution in [0.2, 0.25) is 0 Å². The molecule has 0 aromatic heterocycles. The molecule has 0 aromatic rings. The van der Waals surface area contributed by atoms with Gasteiger partial charge < -0.3 is 31.5 Å². The molecule has 3 amide bonds. The second-order valence-electron chi connectivity index (χ2n) is 6.05. The molecule has 2 unspecified atom stereocenters. The molecule has 142 valence electrons. The highest BCUT2D eigenvalue weighted by molar-refractivity contribution is 5.92. The molecule has 1 aliphatic rings. The van der Waals surface area contributed by atoms with E-state index in [0.717, 1.165) is 4.90 Å². The number of rotatable bonds is 9. The maximum Gasteiger partial charge on any atom is 0.326 e. The third kappa shape index (κ3) is 6.67. The van der Waals surface area contributed by atoms with Crippen molar-refractivity contribution in [1.82, 2.24) is 15.5 Å². The number of carbonyl (C=O) groups is 4. The van der Waals surface area contributed by atoms with Gasteiger partial charge in [-0.05, 0) is 25.8 Å². The van der Waals surface area contributed by atoms with E-state index in [9.17, 15) is 29.4 Å². The largest absolute Gasteiger partial charge is 0.480 e. The van der Waals surface area contributed by atoms with Gasteiger partial charge in [-0.3, -0.25) is 14.4 Å². The van der Waals surface area contributed by atoms with Crippen molar-refractivity contribution in [3.63, 3.8) is 0 Å². The van der Waals surface area contributed by atoms with E-state index < -0.39 is 36.0 Å². The lowest BCUT2D eigenvalue weighted by molar-refractivity contribution is -0.144. The number of aliphatic carboxylic acids is 1. The first-order chi connectivity index (χ1) is 11.8. The number of unbranched alkanes of at least 4 members (excludes halogenated alkanes) is 1. The number of likely N-dealkylation sites (tertiary alicyclic amines) is 1. The van der Waals surface area contributed by atoms with Crippen LogP contribution in [0.15, 0.2) is 0 Å².